The molecule has 6 nitrogen and oxygen atoms in total. The Morgan fingerprint density at radius 1 is 1.27 bits per heavy atom. The molecule has 1 aliphatic rings. The van der Waals surface area contributed by atoms with Crippen molar-refractivity contribution >= 4 is 15.9 Å². The lowest BCUT2D eigenvalue weighted by Gasteiger charge is -2.27. The molecule has 26 heavy (non-hydrogen) atoms. The van der Waals surface area contributed by atoms with Crippen LogP contribution in [0.2, 0.25) is 0 Å². The molecule has 1 fully saturated rings. The SMILES string of the molecule is CCN(CC)S(=O)(=O)c1cc(C(=O)NC2CCCC(C)C2)ccc1OC. The highest BCUT2D eigenvalue weighted by Gasteiger charge is 2.27. The Hall–Kier alpha value is -1.60. The van der Waals surface area contributed by atoms with E-state index in [-0.39, 0.29) is 22.6 Å². The molecule has 1 saturated carbocycles. The number of nitrogens with one attached hydrogen (secondary N) is 1. The van der Waals surface area contributed by atoms with Gasteiger partial charge >= 0.3 is 0 Å². The standard InChI is InChI=1S/C19H30N2O4S/c1-5-21(6-2)26(23,24)18-13-15(10-11-17(18)25-4)19(22)20-16-9-7-8-14(3)12-16/h10-11,13-14,16H,5-9,12H2,1-4H3,(H,20,22). The first kappa shape index (κ1) is 20.7. The van der Waals surface area contributed by atoms with Gasteiger partial charge < -0.3 is 10.1 Å². The van der Waals surface area contributed by atoms with Crippen molar-refractivity contribution in [3.63, 3.8) is 0 Å². The summed E-state index contributed by atoms with van der Waals surface area (Å²) >= 11 is 0. The number of nitrogens with zero attached hydrogens (tertiary/aromatic N) is 1. The van der Waals surface area contributed by atoms with Gasteiger partial charge in [0.25, 0.3) is 5.91 Å². The molecule has 0 spiro atoms. The third kappa shape index (κ3) is 4.57. The predicted molar refractivity (Wildman–Crippen MR) is 102 cm³/mol. The lowest BCUT2D eigenvalue weighted by atomic mass is 9.87. The second-order valence-electron chi connectivity index (χ2n) is 6.90. The number of ether oxygens (including phenoxy) is 1. The predicted octanol–water partition coefficient (Wildman–Crippen LogP) is 3.03. The summed E-state index contributed by atoms with van der Waals surface area (Å²) in [5, 5.41) is 3.05. The molecular formula is C19H30N2O4S. The highest BCUT2D eigenvalue weighted by atomic mass is 32.2. The van der Waals surface area contributed by atoms with Crippen LogP contribution in [0.1, 0.15) is 56.8 Å². The zero-order chi connectivity index (χ0) is 19.3. The Kier molecular flexibility index (Phi) is 7.06. The van der Waals surface area contributed by atoms with Crippen LogP contribution in [0.5, 0.6) is 5.75 Å². The van der Waals surface area contributed by atoms with Gasteiger partial charge in [-0.25, -0.2) is 8.42 Å². The molecule has 2 unspecified atom stereocenters. The molecule has 1 aromatic rings. The number of rotatable bonds is 7. The molecule has 0 radical (unpaired) electrons. The summed E-state index contributed by atoms with van der Waals surface area (Å²) in [6.07, 6.45) is 4.24. The fourth-order valence-electron chi connectivity index (χ4n) is 3.56. The highest BCUT2D eigenvalue weighted by molar-refractivity contribution is 7.89. The van der Waals surface area contributed by atoms with Crippen LogP contribution in [0.15, 0.2) is 23.1 Å². The molecule has 0 aliphatic heterocycles. The van der Waals surface area contributed by atoms with Crippen molar-refractivity contribution in [2.75, 3.05) is 20.2 Å². The smallest absolute Gasteiger partial charge is 0.251 e. The number of carbonyl (C=O) groups is 1. The number of amides is 1. The lowest BCUT2D eigenvalue weighted by Crippen LogP contribution is -2.38. The lowest BCUT2D eigenvalue weighted by molar-refractivity contribution is 0.0921. The van der Waals surface area contributed by atoms with Crippen LogP contribution in [-0.4, -0.2) is 44.9 Å². The van der Waals surface area contributed by atoms with Gasteiger partial charge in [0.2, 0.25) is 10.0 Å². The van der Waals surface area contributed by atoms with Crippen molar-refractivity contribution in [3.8, 4) is 5.75 Å². The summed E-state index contributed by atoms with van der Waals surface area (Å²) in [5.41, 5.74) is 0.342. The maximum absolute atomic E-state index is 12.9. The largest absolute Gasteiger partial charge is 0.495 e. The summed E-state index contributed by atoms with van der Waals surface area (Å²) in [7, 11) is -2.28. The van der Waals surface area contributed by atoms with Crippen molar-refractivity contribution in [2.24, 2.45) is 5.92 Å². The van der Waals surface area contributed by atoms with Gasteiger partial charge in [-0.1, -0.05) is 33.6 Å². The normalized spacial score (nSPS) is 20.8. The first-order chi connectivity index (χ1) is 12.3. The quantitative estimate of drug-likeness (QED) is 0.786. The van der Waals surface area contributed by atoms with Crippen molar-refractivity contribution in [2.45, 2.75) is 57.4 Å². The minimum atomic E-state index is -3.71. The minimum Gasteiger partial charge on any atom is -0.495 e. The van der Waals surface area contributed by atoms with E-state index in [0.717, 1.165) is 19.3 Å². The van der Waals surface area contributed by atoms with Crippen LogP contribution in [0.4, 0.5) is 0 Å². The Bertz CT molecular complexity index is 729. The fourth-order valence-corrected chi connectivity index (χ4v) is 5.20. The van der Waals surface area contributed by atoms with E-state index in [1.54, 1.807) is 26.0 Å². The summed E-state index contributed by atoms with van der Waals surface area (Å²) in [6.45, 7) is 6.49. The van der Waals surface area contributed by atoms with E-state index >= 15 is 0 Å². The van der Waals surface area contributed by atoms with Gasteiger partial charge in [-0.05, 0) is 37.0 Å². The monoisotopic (exact) mass is 382 g/mol. The van der Waals surface area contributed by atoms with E-state index in [2.05, 4.69) is 12.2 Å². The average Bonchev–Trinajstić information content (AvgIpc) is 2.62. The molecule has 7 heteroatoms. The highest BCUT2D eigenvalue weighted by Crippen LogP contribution is 2.28. The third-order valence-electron chi connectivity index (χ3n) is 5.02. The Morgan fingerprint density at radius 3 is 2.54 bits per heavy atom. The van der Waals surface area contributed by atoms with E-state index in [1.807, 2.05) is 0 Å². The van der Waals surface area contributed by atoms with E-state index < -0.39 is 10.0 Å². The van der Waals surface area contributed by atoms with Gasteiger partial charge in [-0.3, -0.25) is 4.79 Å². The summed E-state index contributed by atoms with van der Waals surface area (Å²) < 4.78 is 32.4. The molecule has 2 atom stereocenters. The molecule has 1 amide bonds. The maximum Gasteiger partial charge on any atom is 0.251 e. The fraction of sp³-hybridized carbons (Fsp3) is 0.632. The molecule has 0 saturated heterocycles. The summed E-state index contributed by atoms with van der Waals surface area (Å²) in [5.74, 6) is 0.617. The molecule has 146 valence electrons. The van der Waals surface area contributed by atoms with Crippen molar-refractivity contribution < 1.29 is 17.9 Å². The Morgan fingerprint density at radius 2 is 1.96 bits per heavy atom. The summed E-state index contributed by atoms with van der Waals surface area (Å²) in [6, 6.07) is 4.74. The number of hydrogen-bond acceptors (Lipinski definition) is 4. The van der Waals surface area contributed by atoms with Crippen molar-refractivity contribution in [1.82, 2.24) is 9.62 Å². The first-order valence-corrected chi connectivity index (χ1v) is 10.8. The van der Waals surface area contributed by atoms with Gasteiger partial charge in [0, 0.05) is 24.7 Å². The van der Waals surface area contributed by atoms with E-state index in [9.17, 15) is 13.2 Å². The van der Waals surface area contributed by atoms with Crippen LogP contribution >= 0.6 is 0 Å². The number of benzene rings is 1. The van der Waals surface area contributed by atoms with Gasteiger partial charge in [-0.2, -0.15) is 4.31 Å². The zero-order valence-corrected chi connectivity index (χ0v) is 16.9. The van der Waals surface area contributed by atoms with Crippen LogP contribution in [0, 0.1) is 5.92 Å². The maximum atomic E-state index is 12.9. The Labute approximate surface area is 157 Å². The molecule has 1 N–H and O–H groups in total. The van der Waals surface area contributed by atoms with E-state index in [1.165, 1.54) is 23.9 Å². The number of methoxy groups -OCH3 is 1. The molecule has 0 heterocycles. The van der Waals surface area contributed by atoms with Crippen LogP contribution < -0.4 is 10.1 Å². The molecular weight excluding hydrogens is 352 g/mol. The molecule has 1 aliphatic carbocycles. The van der Waals surface area contributed by atoms with E-state index in [4.69, 9.17) is 4.74 Å². The van der Waals surface area contributed by atoms with Gasteiger partial charge in [0.1, 0.15) is 10.6 Å². The number of carbonyl (C=O) groups excluding carboxylic acids is 1. The third-order valence-corrected chi connectivity index (χ3v) is 7.09. The topological polar surface area (TPSA) is 75.7 Å². The molecule has 2 rings (SSSR count). The zero-order valence-electron chi connectivity index (χ0n) is 16.1. The van der Waals surface area contributed by atoms with Crippen LogP contribution in [0.3, 0.4) is 0 Å². The van der Waals surface area contributed by atoms with Gasteiger partial charge in [-0.15, -0.1) is 0 Å². The molecule has 1 aromatic carbocycles. The minimum absolute atomic E-state index is 0.0355. The van der Waals surface area contributed by atoms with Crippen LogP contribution in [0.25, 0.3) is 0 Å². The van der Waals surface area contributed by atoms with E-state index in [0.29, 0.717) is 24.6 Å². The number of hydrogen-bond donors (Lipinski definition) is 1. The average molecular weight is 383 g/mol. The number of sulfonamides is 1. The first-order valence-electron chi connectivity index (χ1n) is 9.32. The van der Waals surface area contributed by atoms with Crippen molar-refractivity contribution in [1.29, 1.82) is 0 Å². The van der Waals surface area contributed by atoms with Gasteiger partial charge in [0.15, 0.2) is 0 Å². The van der Waals surface area contributed by atoms with Crippen LogP contribution in [-0.2, 0) is 10.0 Å². The Balaban J connectivity index is 2.29. The summed E-state index contributed by atoms with van der Waals surface area (Å²) in [4.78, 5) is 12.7. The molecule has 0 aromatic heterocycles. The molecule has 0 bridgehead atoms. The van der Waals surface area contributed by atoms with Gasteiger partial charge in [0.05, 0.1) is 7.11 Å². The second kappa shape index (κ2) is 8.86. The second-order valence-corrected chi connectivity index (χ2v) is 8.80. The van der Waals surface area contributed by atoms with Crippen molar-refractivity contribution in [3.05, 3.63) is 23.8 Å².